The number of nitrogens with zero attached hydrogens (tertiary/aromatic N) is 1. The molecular weight excluding hydrogens is 260 g/mol. The molecule has 0 spiro atoms. The summed E-state index contributed by atoms with van der Waals surface area (Å²) in [7, 11) is 0. The maximum atomic E-state index is 9.18. The Hall–Kier alpha value is -0.120. The highest BCUT2D eigenvalue weighted by Crippen LogP contribution is 2.40. The Morgan fingerprint density at radius 1 is 1.14 bits per heavy atom. The average molecular weight is 296 g/mol. The summed E-state index contributed by atoms with van der Waals surface area (Å²) in [5.41, 5.74) is 0.681. The number of hydrogen-bond donors (Lipinski definition) is 2. The minimum atomic E-state index is 0.210. The van der Waals surface area contributed by atoms with E-state index in [-0.39, 0.29) is 5.54 Å². The minimum absolute atomic E-state index is 0.210. The fourth-order valence-electron chi connectivity index (χ4n) is 3.82. The molecule has 0 aliphatic heterocycles. The van der Waals surface area contributed by atoms with Gasteiger partial charge in [0.1, 0.15) is 0 Å². The van der Waals surface area contributed by atoms with E-state index in [4.69, 9.17) is 0 Å². The zero-order valence-electron chi connectivity index (χ0n) is 14.5. The SMILES string of the molecule is CC(C)(C)NCC1(CN(CCCO)C2CCC2)CCCC1. The van der Waals surface area contributed by atoms with Crippen LogP contribution >= 0.6 is 0 Å². The molecule has 0 heterocycles. The summed E-state index contributed by atoms with van der Waals surface area (Å²) in [6.45, 7) is 10.6. The third-order valence-electron chi connectivity index (χ3n) is 5.39. The Bertz CT molecular complexity index is 301. The highest BCUT2D eigenvalue weighted by atomic mass is 16.3. The maximum Gasteiger partial charge on any atom is 0.0443 e. The molecule has 0 atom stereocenters. The first-order valence-electron chi connectivity index (χ1n) is 9.04. The van der Waals surface area contributed by atoms with Crippen molar-refractivity contribution < 1.29 is 5.11 Å². The zero-order valence-corrected chi connectivity index (χ0v) is 14.5. The summed E-state index contributed by atoms with van der Waals surface area (Å²) in [5, 5.41) is 12.9. The van der Waals surface area contributed by atoms with Gasteiger partial charge in [-0.2, -0.15) is 0 Å². The highest BCUT2D eigenvalue weighted by Gasteiger charge is 2.38. The average Bonchev–Trinajstić information content (AvgIpc) is 2.80. The molecule has 0 bridgehead atoms. The van der Waals surface area contributed by atoms with Crippen LogP contribution in [0.1, 0.15) is 72.1 Å². The van der Waals surface area contributed by atoms with Gasteiger partial charge >= 0.3 is 0 Å². The van der Waals surface area contributed by atoms with E-state index < -0.39 is 0 Å². The van der Waals surface area contributed by atoms with E-state index in [1.54, 1.807) is 0 Å². The van der Waals surface area contributed by atoms with Crippen molar-refractivity contribution in [2.45, 2.75) is 83.7 Å². The third-order valence-corrected chi connectivity index (χ3v) is 5.39. The molecule has 0 amide bonds. The summed E-state index contributed by atoms with van der Waals surface area (Å²) in [4.78, 5) is 2.70. The summed E-state index contributed by atoms with van der Waals surface area (Å²) >= 11 is 0. The van der Waals surface area contributed by atoms with Gasteiger partial charge in [-0.3, -0.25) is 4.90 Å². The van der Waals surface area contributed by atoms with E-state index >= 15 is 0 Å². The van der Waals surface area contributed by atoms with Crippen LogP contribution in [0.5, 0.6) is 0 Å². The topological polar surface area (TPSA) is 35.5 Å². The van der Waals surface area contributed by atoms with E-state index in [2.05, 4.69) is 31.0 Å². The standard InChI is InChI=1S/C18H36N2O/c1-17(2,3)19-14-18(10-4-5-11-18)15-20(12-7-13-21)16-8-6-9-16/h16,19,21H,4-15H2,1-3H3. The number of nitrogens with one attached hydrogen (secondary N) is 1. The van der Waals surface area contributed by atoms with Crippen molar-refractivity contribution in [3.8, 4) is 0 Å². The molecule has 0 unspecified atom stereocenters. The summed E-state index contributed by atoms with van der Waals surface area (Å²) < 4.78 is 0. The van der Waals surface area contributed by atoms with Crippen LogP contribution in [0, 0.1) is 5.41 Å². The van der Waals surface area contributed by atoms with Gasteiger partial charge in [-0.15, -0.1) is 0 Å². The largest absolute Gasteiger partial charge is 0.396 e. The van der Waals surface area contributed by atoms with Gasteiger partial charge < -0.3 is 10.4 Å². The Kier molecular flexibility index (Phi) is 6.10. The van der Waals surface area contributed by atoms with Crippen molar-refractivity contribution in [3.63, 3.8) is 0 Å². The van der Waals surface area contributed by atoms with Gasteiger partial charge in [0.2, 0.25) is 0 Å². The molecule has 0 aromatic heterocycles. The maximum absolute atomic E-state index is 9.18. The number of aliphatic hydroxyl groups excluding tert-OH is 1. The molecule has 0 saturated heterocycles. The Balaban J connectivity index is 1.95. The van der Waals surface area contributed by atoms with Crippen molar-refractivity contribution >= 4 is 0 Å². The number of rotatable bonds is 8. The van der Waals surface area contributed by atoms with E-state index in [1.165, 1.54) is 51.5 Å². The smallest absolute Gasteiger partial charge is 0.0443 e. The molecule has 3 nitrogen and oxygen atoms in total. The number of aliphatic hydroxyl groups is 1. The van der Waals surface area contributed by atoms with Crippen LogP contribution in [0.25, 0.3) is 0 Å². The fourth-order valence-corrected chi connectivity index (χ4v) is 3.82. The van der Waals surface area contributed by atoms with Gasteiger partial charge in [-0.25, -0.2) is 0 Å². The molecule has 0 aromatic rings. The van der Waals surface area contributed by atoms with Gasteiger partial charge in [0.05, 0.1) is 0 Å². The molecular formula is C18H36N2O. The van der Waals surface area contributed by atoms with E-state index in [9.17, 15) is 5.11 Å². The van der Waals surface area contributed by atoms with Crippen LogP contribution in [0.3, 0.4) is 0 Å². The quantitative estimate of drug-likeness (QED) is 0.722. The van der Waals surface area contributed by atoms with Gasteiger partial charge in [0.25, 0.3) is 0 Å². The molecule has 2 aliphatic carbocycles. The van der Waals surface area contributed by atoms with Gasteiger partial charge in [-0.05, 0) is 58.3 Å². The Morgan fingerprint density at radius 3 is 2.29 bits per heavy atom. The summed E-state index contributed by atoms with van der Waals surface area (Å²) in [5.74, 6) is 0. The molecule has 124 valence electrons. The van der Waals surface area contributed by atoms with Gasteiger partial charge in [0, 0.05) is 37.8 Å². The predicted molar refractivity (Wildman–Crippen MR) is 89.6 cm³/mol. The summed E-state index contributed by atoms with van der Waals surface area (Å²) in [6.07, 6.45) is 10.6. The normalized spacial score (nSPS) is 22.7. The van der Waals surface area contributed by atoms with E-state index in [0.717, 1.165) is 25.6 Å². The molecule has 3 heteroatoms. The highest BCUT2D eigenvalue weighted by molar-refractivity contribution is 4.93. The molecule has 21 heavy (non-hydrogen) atoms. The van der Waals surface area contributed by atoms with Crippen molar-refractivity contribution in [1.82, 2.24) is 10.2 Å². The first-order valence-corrected chi connectivity index (χ1v) is 9.04. The summed E-state index contributed by atoms with van der Waals surface area (Å²) in [6, 6.07) is 0.795. The van der Waals surface area contributed by atoms with Gasteiger partial charge in [0.15, 0.2) is 0 Å². The molecule has 2 saturated carbocycles. The van der Waals surface area contributed by atoms with Crippen molar-refractivity contribution in [2.24, 2.45) is 5.41 Å². The first-order chi connectivity index (χ1) is 9.94. The Labute approximate surface area is 131 Å². The van der Waals surface area contributed by atoms with Crippen LogP contribution in [0.2, 0.25) is 0 Å². The fraction of sp³-hybridized carbons (Fsp3) is 1.00. The van der Waals surface area contributed by atoms with E-state index in [0.29, 0.717) is 12.0 Å². The lowest BCUT2D eigenvalue weighted by Crippen LogP contribution is -2.51. The molecule has 2 fully saturated rings. The second-order valence-electron chi connectivity index (χ2n) is 8.44. The van der Waals surface area contributed by atoms with Gasteiger partial charge in [-0.1, -0.05) is 19.3 Å². The first kappa shape index (κ1) is 17.2. The van der Waals surface area contributed by atoms with Crippen molar-refractivity contribution in [1.29, 1.82) is 0 Å². The van der Waals surface area contributed by atoms with Crippen LogP contribution in [-0.4, -0.2) is 47.8 Å². The second kappa shape index (κ2) is 7.43. The minimum Gasteiger partial charge on any atom is -0.396 e. The monoisotopic (exact) mass is 296 g/mol. The van der Waals surface area contributed by atoms with E-state index in [1.807, 2.05) is 0 Å². The lowest BCUT2D eigenvalue weighted by molar-refractivity contribution is 0.0606. The third kappa shape index (κ3) is 5.22. The molecule has 2 rings (SSSR count). The van der Waals surface area contributed by atoms with Crippen molar-refractivity contribution in [2.75, 3.05) is 26.2 Å². The van der Waals surface area contributed by atoms with Crippen LogP contribution in [0.4, 0.5) is 0 Å². The Morgan fingerprint density at radius 2 is 1.81 bits per heavy atom. The molecule has 2 aliphatic rings. The van der Waals surface area contributed by atoms with Crippen LogP contribution < -0.4 is 5.32 Å². The van der Waals surface area contributed by atoms with Crippen LogP contribution in [-0.2, 0) is 0 Å². The van der Waals surface area contributed by atoms with Crippen molar-refractivity contribution in [3.05, 3.63) is 0 Å². The predicted octanol–water partition coefficient (Wildman–Crippen LogP) is 3.17. The second-order valence-corrected chi connectivity index (χ2v) is 8.44. The molecule has 0 radical (unpaired) electrons. The number of hydrogen-bond acceptors (Lipinski definition) is 3. The lowest BCUT2D eigenvalue weighted by Gasteiger charge is -2.44. The van der Waals surface area contributed by atoms with Crippen LogP contribution in [0.15, 0.2) is 0 Å². The molecule has 2 N–H and O–H groups in total. The zero-order chi connectivity index (χ0) is 15.3. The lowest BCUT2D eigenvalue weighted by atomic mass is 9.82. The molecule has 0 aromatic carbocycles.